The summed E-state index contributed by atoms with van der Waals surface area (Å²) in [7, 11) is 2.15. The third-order valence-corrected chi connectivity index (χ3v) is 4.88. The average Bonchev–Trinajstić information content (AvgIpc) is 2.91. The smallest absolute Gasteiger partial charge is 0.168 e. The molecule has 1 spiro atoms. The molecule has 3 rings (SSSR count). The zero-order chi connectivity index (χ0) is 14.9. The van der Waals surface area contributed by atoms with Gasteiger partial charge in [0, 0.05) is 25.4 Å². The second kappa shape index (κ2) is 6.03. The Kier molecular flexibility index (Phi) is 4.29. The van der Waals surface area contributed by atoms with Crippen LogP contribution in [0.2, 0.25) is 0 Å². The van der Waals surface area contributed by atoms with E-state index in [1.165, 1.54) is 5.56 Å². The molecule has 1 saturated heterocycles. The highest BCUT2D eigenvalue weighted by molar-refractivity contribution is 5.26. The van der Waals surface area contributed by atoms with Crippen LogP contribution < -0.4 is 0 Å². The molecular weight excluding hydrogens is 269 g/mol. The highest BCUT2D eigenvalue weighted by Gasteiger charge is 2.40. The van der Waals surface area contributed by atoms with Crippen molar-refractivity contribution in [1.29, 1.82) is 0 Å². The molecule has 0 atom stereocenters. The summed E-state index contributed by atoms with van der Waals surface area (Å²) in [6, 6.07) is 5.60. The van der Waals surface area contributed by atoms with Gasteiger partial charge in [-0.3, -0.25) is 4.90 Å². The van der Waals surface area contributed by atoms with E-state index in [2.05, 4.69) is 11.9 Å². The summed E-state index contributed by atoms with van der Waals surface area (Å²) in [5, 5.41) is 0. The number of nitrogens with zero attached hydrogens (tertiary/aromatic N) is 1. The van der Waals surface area contributed by atoms with E-state index in [9.17, 15) is 4.39 Å². The fraction of sp³-hybridized carbons (Fsp3) is 0.647. The molecule has 2 aliphatic rings. The molecule has 116 valence electrons. The number of rotatable bonds is 3. The first-order chi connectivity index (χ1) is 10.1. The summed E-state index contributed by atoms with van der Waals surface area (Å²) in [6.07, 6.45) is 4.14. The number of aryl methyl sites for hydroxylation is 1. The van der Waals surface area contributed by atoms with Crippen LogP contribution in [-0.2, 0) is 16.0 Å². The normalized spacial score (nSPS) is 22.3. The molecule has 0 amide bonds. The van der Waals surface area contributed by atoms with Gasteiger partial charge in [-0.25, -0.2) is 4.39 Å². The zero-order valence-corrected chi connectivity index (χ0v) is 12.9. The number of halogens is 1. The van der Waals surface area contributed by atoms with Gasteiger partial charge in [0.1, 0.15) is 5.82 Å². The van der Waals surface area contributed by atoms with Gasteiger partial charge in [-0.2, -0.15) is 0 Å². The van der Waals surface area contributed by atoms with Crippen molar-refractivity contribution in [2.45, 2.75) is 51.0 Å². The van der Waals surface area contributed by atoms with Crippen LogP contribution in [0.1, 0.15) is 36.8 Å². The number of hydrogen-bond donors (Lipinski definition) is 0. The lowest BCUT2D eigenvalue weighted by Crippen LogP contribution is -2.42. The van der Waals surface area contributed by atoms with Crippen LogP contribution in [0, 0.1) is 12.7 Å². The minimum atomic E-state index is -0.289. The average molecular weight is 293 g/mol. The third-order valence-electron chi connectivity index (χ3n) is 4.88. The Bertz CT molecular complexity index is 490. The Balaban J connectivity index is 1.57. The van der Waals surface area contributed by atoms with Crippen LogP contribution in [0.3, 0.4) is 0 Å². The van der Waals surface area contributed by atoms with Crippen molar-refractivity contribution >= 4 is 0 Å². The van der Waals surface area contributed by atoms with Crippen molar-refractivity contribution in [3.05, 3.63) is 35.1 Å². The third kappa shape index (κ3) is 3.28. The van der Waals surface area contributed by atoms with E-state index in [1.54, 1.807) is 12.1 Å². The summed E-state index contributed by atoms with van der Waals surface area (Å²) in [5.41, 5.74) is 2.23. The predicted molar refractivity (Wildman–Crippen MR) is 79.5 cm³/mol. The molecule has 1 aliphatic heterocycles. The standard InChI is InChI=1S/C17H24FNO2/c1-13-11-15(18)4-3-14(13)12-19(2)16-5-7-17(8-6-16)20-9-10-21-17/h3-4,11,16H,5-10,12H2,1-2H3. The minimum Gasteiger partial charge on any atom is -0.348 e. The van der Waals surface area contributed by atoms with Crippen molar-refractivity contribution in [1.82, 2.24) is 4.90 Å². The highest BCUT2D eigenvalue weighted by atomic mass is 19.1. The molecule has 3 nitrogen and oxygen atoms in total. The number of ether oxygens (including phenoxy) is 2. The molecule has 0 N–H and O–H groups in total. The van der Waals surface area contributed by atoms with Crippen LogP contribution in [0.15, 0.2) is 18.2 Å². The van der Waals surface area contributed by atoms with Crippen molar-refractivity contribution in [2.75, 3.05) is 20.3 Å². The van der Waals surface area contributed by atoms with E-state index < -0.39 is 0 Å². The lowest BCUT2D eigenvalue weighted by Gasteiger charge is -2.39. The Hall–Kier alpha value is -0.970. The quantitative estimate of drug-likeness (QED) is 0.854. The summed E-state index contributed by atoms with van der Waals surface area (Å²) >= 11 is 0. The van der Waals surface area contributed by atoms with Crippen LogP contribution in [0.4, 0.5) is 4.39 Å². The maximum Gasteiger partial charge on any atom is 0.168 e. The first kappa shape index (κ1) is 14.9. The topological polar surface area (TPSA) is 21.7 Å². The molecule has 0 aromatic heterocycles. The monoisotopic (exact) mass is 293 g/mol. The fourth-order valence-corrected chi connectivity index (χ4v) is 3.50. The lowest BCUT2D eigenvalue weighted by molar-refractivity contribution is -0.183. The fourth-order valence-electron chi connectivity index (χ4n) is 3.50. The number of hydrogen-bond acceptors (Lipinski definition) is 3. The van der Waals surface area contributed by atoms with Crippen molar-refractivity contribution in [3.63, 3.8) is 0 Å². The summed E-state index contributed by atoms with van der Waals surface area (Å²) in [5.74, 6) is -0.447. The maximum atomic E-state index is 13.2. The molecule has 1 saturated carbocycles. The van der Waals surface area contributed by atoms with Gasteiger partial charge in [-0.1, -0.05) is 6.07 Å². The molecule has 1 aromatic rings. The van der Waals surface area contributed by atoms with Gasteiger partial charge in [0.15, 0.2) is 5.79 Å². The Labute approximate surface area is 126 Å². The van der Waals surface area contributed by atoms with E-state index in [1.807, 2.05) is 13.0 Å². The summed E-state index contributed by atoms with van der Waals surface area (Å²) in [4.78, 5) is 2.38. The number of benzene rings is 1. The van der Waals surface area contributed by atoms with Gasteiger partial charge in [-0.05, 0) is 50.1 Å². The molecule has 2 fully saturated rings. The molecule has 21 heavy (non-hydrogen) atoms. The van der Waals surface area contributed by atoms with Crippen molar-refractivity contribution in [2.24, 2.45) is 0 Å². The Morgan fingerprint density at radius 3 is 2.52 bits per heavy atom. The Morgan fingerprint density at radius 2 is 1.90 bits per heavy atom. The molecule has 1 aliphatic carbocycles. The summed E-state index contributed by atoms with van der Waals surface area (Å²) < 4.78 is 24.7. The van der Waals surface area contributed by atoms with Crippen LogP contribution in [0.5, 0.6) is 0 Å². The molecule has 4 heteroatoms. The van der Waals surface area contributed by atoms with Gasteiger partial charge in [0.2, 0.25) is 0 Å². The lowest BCUT2D eigenvalue weighted by atomic mass is 9.89. The van der Waals surface area contributed by atoms with Crippen LogP contribution in [0.25, 0.3) is 0 Å². The predicted octanol–water partition coefficient (Wildman–Crippen LogP) is 3.25. The maximum absolute atomic E-state index is 13.2. The van der Waals surface area contributed by atoms with Crippen molar-refractivity contribution < 1.29 is 13.9 Å². The van der Waals surface area contributed by atoms with Crippen LogP contribution >= 0.6 is 0 Å². The zero-order valence-electron chi connectivity index (χ0n) is 12.9. The SMILES string of the molecule is Cc1cc(F)ccc1CN(C)C1CCC2(CC1)OCCO2. The van der Waals surface area contributed by atoms with E-state index >= 15 is 0 Å². The van der Waals surface area contributed by atoms with E-state index in [-0.39, 0.29) is 11.6 Å². The van der Waals surface area contributed by atoms with Crippen LogP contribution in [-0.4, -0.2) is 37.0 Å². The van der Waals surface area contributed by atoms with Gasteiger partial charge in [0.25, 0.3) is 0 Å². The van der Waals surface area contributed by atoms with E-state index in [0.717, 1.165) is 51.0 Å². The molecule has 1 aromatic carbocycles. The molecular formula is C17H24FNO2. The minimum absolute atomic E-state index is 0.158. The second-order valence-electron chi connectivity index (χ2n) is 6.32. The Morgan fingerprint density at radius 1 is 1.24 bits per heavy atom. The molecule has 0 radical (unpaired) electrons. The van der Waals surface area contributed by atoms with Gasteiger partial charge in [-0.15, -0.1) is 0 Å². The van der Waals surface area contributed by atoms with E-state index in [4.69, 9.17) is 9.47 Å². The molecule has 0 unspecified atom stereocenters. The van der Waals surface area contributed by atoms with Gasteiger partial charge < -0.3 is 9.47 Å². The highest BCUT2D eigenvalue weighted by Crippen LogP contribution is 2.37. The van der Waals surface area contributed by atoms with Gasteiger partial charge >= 0.3 is 0 Å². The van der Waals surface area contributed by atoms with E-state index in [0.29, 0.717) is 6.04 Å². The summed E-state index contributed by atoms with van der Waals surface area (Å²) in [6.45, 7) is 4.30. The van der Waals surface area contributed by atoms with Crippen molar-refractivity contribution in [3.8, 4) is 0 Å². The largest absolute Gasteiger partial charge is 0.348 e. The second-order valence-corrected chi connectivity index (χ2v) is 6.32. The molecule has 0 bridgehead atoms. The first-order valence-electron chi connectivity index (χ1n) is 7.81. The molecule has 1 heterocycles. The van der Waals surface area contributed by atoms with Gasteiger partial charge in [0.05, 0.1) is 13.2 Å². The first-order valence-corrected chi connectivity index (χ1v) is 7.81.